The number of hydrogen-bond acceptors (Lipinski definition) is 6. The molecule has 1 amide bonds. The molecule has 4 rings (SSSR count). The molecular formula is C21H24FN3O3S. The van der Waals surface area contributed by atoms with E-state index in [9.17, 15) is 14.1 Å². The van der Waals surface area contributed by atoms with E-state index in [1.807, 2.05) is 0 Å². The molecule has 0 spiro atoms. The maximum atomic E-state index is 13.8. The summed E-state index contributed by atoms with van der Waals surface area (Å²) in [5.41, 5.74) is 2.16. The molecule has 2 aromatic rings. The number of fused-ring (bicyclic) bond motifs is 1. The highest BCUT2D eigenvalue weighted by Crippen LogP contribution is 2.43. The minimum absolute atomic E-state index is 0.100. The van der Waals surface area contributed by atoms with Gasteiger partial charge in [-0.1, -0.05) is 23.7 Å². The topological polar surface area (TPSA) is 71.0 Å². The van der Waals surface area contributed by atoms with E-state index in [2.05, 4.69) is 15.4 Å². The first-order chi connectivity index (χ1) is 14.2. The number of ether oxygens (including phenoxy) is 1. The zero-order valence-electron chi connectivity index (χ0n) is 16.2. The fourth-order valence-electron chi connectivity index (χ4n) is 4.08. The van der Waals surface area contributed by atoms with Crippen LogP contribution in [0, 0.1) is 10.7 Å². The van der Waals surface area contributed by atoms with Gasteiger partial charge in [0.1, 0.15) is 16.9 Å². The number of nitroso groups, excluding NO2 is 1. The number of piperidine rings is 1. The van der Waals surface area contributed by atoms with Gasteiger partial charge in [-0.3, -0.25) is 9.69 Å². The van der Waals surface area contributed by atoms with Crippen LogP contribution in [0.3, 0.4) is 0 Å². The van der Waals surface area contributed by atoms with Crippen molar-refractivity contribution in [3.8, 4) is 0 Å². The largest absolute Gasteiger partial charge is 0.376 e. The number of benzene rings is 1. The van der Waals surface area contributed by atoms with Gasteiger partial charge in [-0.25, -0.2) is 4.39 Å². The number of hydrogen-bond donors (Lipinski definition) is 1. The van der Waals surface area contributed by atoms with Crippen molar-refractivity contribution in [1.29, 1.82) is 0 Å². The van der Waals surface area contributed by atoms with Gasteiger partial charge in [0.25, 0.3) is 0 Å². The Labute approximate surface area is 173 Å². The Kier molecular flexibility index (Phi) is 6.32. The van der Waals surface area contributed by atoms with Gasteiger partial charge in [-0.05, 0) is 55.6 Å². The van der Waals surface area contributed by atoms with Crippen molar-refractivity contribution >= 4 is 22.2 Å². The number of carbonyl (C=O) groups is 1. The van der Waals surface area contributed by atoms with E-state index in [1.54, 1.807) is 12.1 Å². The van der Waals surface area contributed by atoms with Crippen molar-refractivity contribution in [2.75, 3.05) is 31.6 Å². The van der Waals surface area contributed by atoms with Gasteiger partial charge >= 0.3 is 0 Å². The summed E-state index contributed by atoms with van der Waals surface area (Å²) >= 11 is 1.43. The van der Waals surface area contributed by atoms with Crippen LogP contribution in [0.15, 0.2) is 29.4 Å². The van der Waals surface area contributed by atoms with Crippen LogP contribution in [0.1, 0.15) is 46.9 Å². The number of nitrogens with zero attached hydrogens (tertiary/aromatic N) is 2. The maximum absolute atomic E-state index is 13.8. The molecule has 1 atom stereocenters. The average molecular weight is 418 g/mol. The number of rotatable bonds is 6. The first kappa shape index (κ1) is 20.1. The van der Waals surface area contributed by atoms with Crippen molar-refractivity contribution in [3.63, 3.8) is 0 Å². The predicted molar refractivity (Wildman–Crippen MR) is 111 cm³/mol. The molecule has 3 heterocycles. The third-order valence-corrected chi connectivity index (χ3v) is 6.61. The minimum atomic E-state index is -0.867. The molecule has 0 bridgehead atoms. The summed E-state index contributed by atoms with van der Waals surface area (Å²) < 4.78 is 19.3. The molecule has 0 aliphatic carbocycles. The molecule has 1 aromatic carbocycles. The van der Waals surface area contributed by atoms with Crippen LogP contribution in [0.4, 0.5) is 9.39 Å². The van der Waals surface area contributed by atoms with Gasteiger partial charge in [-0.15, -0.1) is 16.2 Å². The molecule has 1 N–H and O–H groups in total. The van der Waals surface area contributed by atoms with Gasteiger partial charge in [0.15, 0.2) is 0 Å². The lowest BCUT2D eigenvalue weighted by Gasteiger charge is -2.25. The smallest absolute Gasteiger partial charge is 0.239 e. The Morgan fingerprint density at radius 1 is 1.31 bits per heavy atom. The van der Waals surface area contributed by atoms with Crippen LogP contribution >= 0.6 is 11.3 Å². The second kappa shape index (κ2) is 9.11. The van der Waals surface area contributed by atoms with Crippen molar-refractivity contribution in [2.45, 2.75) is 38.3 Å². The molecule has 1 unspecified atom stereocenters. The molecule has 2 aliphatic rings. The van der Waals surface area contributed by atoms with Gasteiger partial charge in [0.2, 0.25) is 5.91 Å². The number of nitrogens with one attached hydrogen (secondary N) is 1. The lowest BCUT2D eigenvalue weighted by Crippen LogP contribution is -2.36. The van der Waals surface area contributed by atoms with Crippen LogP contribution in [0.5, 0.6) is 0 Å². The number of carbonyl (C=O) groups excluding carboxylic acids is 1. The van der Waals surface area contributed by atoms with Crippen LogP contribution in [-0.4, -0.2) is 37.0 Å². The van der Waals surface area contributed by atoms with Crippen molar-refractivity contribution in [2.24, 2.45) is 5.18 Å². The summed E-state index contributed by atoms with van der Waals surface area (Å²) in [6.07, 6.45) is 4.07. The zero-order chi connectivity index (χ0) is 20.2. The first-order valence-electron chi connectivity index (χ1n) is 9.98. The van der Waals surface area contributed by atoms with Crippen LogP contribution < -0.4 is 5.32 Å². The molecule has 0 saturated carbocycles. The Hall–Kier alpha value is -2.16. The van der Waals surface area contributed by atoms with Crippen molar-refractivity contribution < 1.29 is 13.9 Å². The van der Waals surface area contributed by atoms with E-state index in [1.165, 1.54) is 29.9 Å². The minimum Gasteiger partial charge on any atom is -0.376 e. The lowest BCUT2D eigenvalue weighted by atomic mass is 9.94. The molecule has 0 radical (unpaired) electrons. The molecule has 8 heteroatoms. The van der Waals surface area contributed by atoms with Gasteiger partial charge in [0, 0.05) is 10.4 Å². The highest BCUT2D eigenvalue weighted by Gasteiger charge is 2.30. The van der Waals surface area contributed by atoms with E-state index in [0.29, 0.717) is 42.3 Å². The fourth-order valence-corrected chi connectivity index (χ4v) is 5.32. The number of amides is 1. The molecule has 1 saturated heterocycles. The van der Waals surface area contributed by atoms with E-state index in [0.717, 1.165) is 36.4 Å². The monoisotopic (exact) mass is 417 g/mol. The van der Waals surface area contributed by atoms with Crippen molar-refractivity contribution in [3.05, 3.63) is 56.6 Å². The molecular weight excluding hydrogens is 393 g/mol. The maximum Gasteiger partial charge on any atom is 0.239 e. The standard InChI is InChI=1S/C21H24FN3O3S/c22-15-6-4-5-14(11-15)20(24-27)19-16-7-10-28-13-17(16)29-21(19)23-18(26)12-25-8-2-1-3-9-25/h4-6,11,20H,1-3,7-10,12-13H2,(H,23,26). The SMILES string of the molecule is O=NC(c1cccc(F)c1)c1c(NC(=O)CN2CCCCC2)sc2c1CCOC2. The van der Waals surface area contributed by atoms with E-state index >= 15 is 0 Å². The van der Waals surface area contributed by atoms with E-state index < -0.39 is 11.9 Å². The number of likely N-dealkylation sites (tertiary alicyclic amines) is 1. The number of anilines is 1. The Morgan fingerprint density at radius 3 is 2.90 bits per heavy atom. The third-order valence-electron chi connectivity index (χ3n) is 5.47. The fraction of sp³-hybridized carbons (Fsp3) is 0.476. The molecule has 6 nitrogen and oxygen atoms in total. The molecule has 1 fully saturated rings. The van der Waals surface area contributed by atoms with Crippen LogP contribution in [-0.2, 0) is 22.6 Å². The molecule has 1 aromatic heterocycles. The Morgan fingerprint density at radius 2 is 2.14 bits per heavy atom. The highest BCUT2D eigenvalue weighted by molar-refractivity contribution is 7.16. The lowest BCUT2D eigenvalue weighted by molar-refractivity contribution is -0.117. The molecule has 2 aliphatic heterocycles. The average Bonchev–Trinajstić information content (AvgIpc) is 3.07. The summed E-state index contributed by atoms with van der Waals surface area (Å²) in [6, 6.07) is 5.06. The third kappa shape index (κ3) is 4.55. The zero-order valence-corrected chi connectivity index (χ0v) is 17.0. The van der Waals surface area contributed by atoms with Gasteiger partial charge < -0.3 is 10.1 Å². The summed E-state index contributed by atoms with van der Waals surface area (Å²) in [5, 5.41) is 6.95. The van der Waals surface area contributed by atoms with Gasteiger partial charge in [-0.2, -0.15) is 0 Å². The summed E-state index contributed by atoms with van der Waals surface area (Å²) in [6.45, 7) is 3.18. The Bertz CT molecular complexity index is 895. The molecule has 29 heavy (non-hydrogen) atoms. The van der Waals surface area contributed by atoms with E-state index in [4.69, 9.17) is 4.74 Å². The highest BCUT2D eigenvalue weighted by atomic mass is 32.1. The number of halogens is 1. The predicted octanol–water partition coefficient (Wildman–Crippen LogP) is 4.24. The second-order valence-electron chi connectivity index (χ2n) is 7.50. The van der Waals surface area contributed by atoms with Crippen LogP contribution in [0.2, 0.25) is 0 Å². The summed E-state index contributed by atoms with van der Waals surface area (Å²) in [7, 11) is 0. The summed E-state index contributed by atoms with van der Waals surface area (Å²) in [5.74, 6) is -0.518. The van der Waals surface area contributed by atoms with Crippen LogP contribution in [0.25, 0.3) is 0 Å². The Balaban J connectivity index is 1.64. The van der Waals surface area contributed by atoms with Gasteiger partial charge in [0.05, 0.1) is 19.8 Å². The van der Waals surface area contributed by atoms with E-state index in [-0.39, 0.29) is 5.91 Å². The van der Waals surface area contributed by atoms with Crippen molar-refractivity contribution in [1.82, 2.24) is 4.90 Å². The number of thiophene rings is 1. The molecule has 154 valence electrons. The second-order valence-corrected chi connectivity index (χ2v) is 8.60. The first-order valence-corrected chi connectivity index (χ1v) is 10.8. The summed E-state index contributed by atoms with van der Waals surface area (Å²) in [4.78, 5) is 27.7. The normalized spacial score (nSPS) is 18.1. The quantitative estimate of drug-likeness (QED) is 0.714.